The molecule has 0 atom stereocenters. The minimum absolute atomic E-state index is 0.480. The van der Waals surface area contributed by atoms with E-state index in [-0.39, 0.29) is 0 Å². The third-order valence-corrected chi connectivity index (χ3v) is 4.83. The molecule has 2 N–H and O–H groups in total. The molecule has 6 nitrogen and oxygen atoms in total. The van der Waals surface area contributed by atoms with Gasteiger partial charge in [0.1, 0.15) is 5.69 Å². The van der Waals surface area contributed by atoms with Gasteiger partial charge in [-0.05, 0) is 32.7 Å². The molecule has 0 aliphatic carbocycles. The van der Waals surface area contributed by atoms with Crippen LogP contribution in [0.1, 0.15) is 38.8 Å². The Hall–Kier alpha value is -2.34. The molecule has 146 valence electrons. The summed E-state index contributed by atoms with van der Waals surface area (Å²) in [6, 6.07) is 12.5. The zero-order valence-corrected chi connectivity index (χ0v) is 16.4. The van der Waals surface area contributed by atoms with Crippen molar-refractivity contribution in [3.8, 4) is 11.3 Å². The number of aliphatic imine (C=N–C) groups is 1. The Morgan fingerprint density at radius 2 is 2.00 bits per heavy atom. The Morgan fingerprint density at radius 3 is 2.70 bits per heavy atom. The number of hydrogen-bond acceptors (Lipinski definition) is 4. The van der Waals surface area contributed by atoms with E-state index in [0.29, 0.717) is 12.6 Å². The maximum Gasteiger partial charge on any atom is 0.191 e. The molecular weight excluding hydrogens is 338 g/mol. The van der Waals surface area contributed by atoms with Crippen molar-refractivity contribution in [3.05, 3.63) is 42.1 Å². The number of rotatable bonds is 7. The molecule has 0 spiro atoms. The second-order valence-corrected chi connectivity index (χ2v) is 7.00. The van der Waals surface area contributed by atoms with Gasteiger partial charge in [-0.3, -0.25) is 0 Å². The van der Waals surface area contributed by atoms with Crippen molar-refractivity contribution in [1.29, 1.82) is 0 Å². The SMILES string of the molecule is CCCN1CCC(NC(=NCc2cc(-c3ccccc3)on2)NCC)CC1. The van der Waals surface area contributed by atoms with E-state index in [1.54, 1.807) is 0 Å². The smallest absolute Gasteiger partial charge is 0.191 e. The molecule has 6 heteroatoms. The van der Waals surface area contributed by atoms with Crippen LogP contribution in [-0.2, 0) is 6.54 Å². The van der Waals surface area contributed by atoms with Crippen LogP contribution >= 0.6 is 0 Å². The Bertz CT molecular complexity index is 704. The maximum absolute atomic E-state index is 5.46. The molecule has 1 aliphatic rings. The van der Waals surface area contributed by atoms with Crippen LogP contribution in [-0.4, -0.2) is 48.2 Å². The summed E-state index contributed by atoms with van der Waals surface area (Å²) < 4.78 is 5.46. The van der Waals surface area contributed by atoms with Crippen LogP contribution in [0, 0.1) is 0 Å². The molecular formula is C21H31N5O. The molecule has 1 aliphatic heterocycles. The van der Waals surface area contributed by atoms with Gasteiger partial charge in [-0.2, -0.15) is 0 Å². The average molecular weight is 370 g/mol. The predicted molar refractivity (Wildman–Crippen MR) is 110 cm³/mol. The molecule has 2 aromatic rings. The van der Waals surface area contributed by atoms with Gasteiger partial charge >= 0.3 is 0 Å². The number of nitrogens with zero attached hydrogens (tertiary/aromatic N) is 3. The minimum Gasteiger partial charge on any atom is -0.357 e. The van der Waals surface area contributed by atoms with Gasteiger partial charge in [0.2, 0.25) is 0 Å². The average Bonchev–Trinajstić information content (AvgIpc) is 3.18. The highest BCUT2D eigenvalue weighted by atomic mass is 16.5. The van der Waals surface area contributed by atoms with Gasteiger partial charge in [-0.1, -0.05) is 42.4 Å². The van der Waals surface area contributed by atoms with Crippen LogP contribution in [0.4, 0.5) is 0 Å². The highest BCUT2D eigenvalue weighted by Crippen LogP contribution is 2.20. The van der Waals surface area contributed by atoms with Crippen LogP contribution in [0.15, 0.2) is 45.9 Å². The third kappa shape index (κ3) is 5.82. The summed E-state index contributed by atoms with van der Waals surface area (Å²) >= 11 is 0. The summed E-state index contributed by atoms with van der Waals surface area (Å²) in [4.78, 5) is 7.24. The first-order valence-corrected chi connectivity index (χ1v) is 10.1. The van der Waals surface area contributed by atoms with Crippen molar-refractivity contribution in [2.24, 2.45) is 4.99 Å². The second-order valence-electron chi connectivity index (χ2n) is 7.00. The number of likely N-dealkylation sites (tertiary alicyclic amines) is 1. The molecule has 1 aromatic heterocycles. The quantitative estimate of drug-likeness (QED) is 0.579. The maximum atomic E-state index is 5.46. The number of piperidine rings is 1. The highest BCUT2D eigenvalue weighted by Gasteiger charge is 2.19. The Kier molecular flexibility index (Phi) is 7.27. The van der Waals surface area contributed by atoms with Crippen molar-refractivity contribution in [1.82, 2.24) is 20.7 Å². The molecule has 0 bridgehead atoms. The van der Waals surface area contributed by atoms with Crippen LogP contribution in [0.3, 0.4) is 0 Å². The van der Waals surface area contributed by atoms with Gasteiger partial charge in [-0.25, -0.2) is 4.99 Å². The molecule has 2 heterocycles. The second kappa shape index (κ2) is 10.1. The normalized spacial score (nSPS) is 16.4. The van der Waals surface area contributed by atoms with Gasteiger partial charge in [0, 0.05) is 37.3 Å². The molecule has 0 amide bonds. The fourth-order valence-corrected chi connectivity index (χ4v) is 3.42. The highest BCUT2D eigenvalue weighted by molar-refractivity contribution is 5.80. The summed E-state index contributed by atoms with van der Waals surface area (Å²) in [5.41, 5.74) is 1.87. The lowest BCUT2D eigenvalue weighted by atomic mass is 10.1. The van der Waals surface area contributed by atoms with E-state index in [4.69, 9.17) is 9.52 Å². The molecule has 1 aromatic carbocycles. The van der Waals surface area contributed by atoms with Crippen molar-refractivity contribution in [2.75, 3.05) is 26.2 Å². The van der Waals surface area contributed by atoms with E-state index in [1.165, 1.54) is 13.0 Å². The first kappa shape index (κ1) is 19.4. The lowest BCUT2D eigenvalue weighted by molar-refractivity contribution is 0.206. The Morgan fingerprint density at radius 1 is 1.22 bits per heavy atom. The van der Waals surface area contributed by atoms with Crippen molar-refractivity contribution < 1.29 is 4.52 Å². The molecule has 1 fully saturated rings. The summed E-state index contributed by atoms with van der Waals surface area (Å²) in [5, 5.41) is 11.1. The first-order valence-electron chi connectivity index (χ1n) is 10.1. The zero-order chi connectivity index (χ0) is 18.9. The largest absolute Gasteiger partial charge is 0.357 e. The fourth-order valence-electron chi connectivity index (χ4n) is 3.42. The van der Waals surface area contributed by atoms with E-state index in [2.05, 4.69) is 34.5 Å². The van der Waals surface area contributed by atoms with Crippen LogP contribution in [0.2, 0.25) is 0 Å². The summed E-state index contributed by atoms with van der Waals surface area (Å²) in [6.07, 6.45) is 3.55. The minimum atomic E-state index is 0.480. The number of guanidine groups is 1. The van der Waals surface area contributed by atoms with Gasteiger partial charge in [0.25, 0.3) is 0 Å². The lowest BCUT2D eigenvalue weighted by Crippen LogP contribution is -2.48. The Labute approximate surface area is 162 Å². The van der Waals surface area contributed by atoms with Crippen molar-refractivity contribution >= 4 is 5.96 Å². The van der Waals surface area contributed by atoms with Gasteiger partial charge in [0.05, 0.1) is 6.54 Å². The van der Waals surface area contributed by atoms with Crippen LogP contribution < -0.4 is 10.6 Å². The summed E-state index contributed by atoms with van der Waals surface area (Å²) in [6.45, 7) is 9.20. The molecule has 0 unspecified atom stereocenters. The van der Waals surface area contributed by atoms with E-state index in [1.807, 2.05) is 36.4 Å². The topological polar surface area (TPSA) is 65.7 Å². The molecule has 1 saturated heterocycles. The standard InChI is InChI=1S/C21H31N5O/c1-3-12-26-13-10-18(11-14-26)24-21(22-4-2)23-16-19-15-20(27-25-19)17-8-6-5-7-9-17/h5-9,15,18H,3-4,10-14,16H2,1-2H3,(H2,22,23,24). The van der Waals surface area contributed by atoms with E-state index >= 15 is 0 Å². The van der Waals surface area contributed by atoms with E-state index in [9.17, 15) is 0 Å². The van der Waals surface area contributed by atoms with Crippen LogP contribution in [0.25, 0.3) is 11.3 Å². The zero-order valence-electron chi connectivity index (χ0n) is 16.4. The molecule has 0 saturated carbocycles. The van der Waals surface area contributed by atoms with Crippen molar-refractivity contribution in [3.63, 3.8) is 0 Å². The first-order chi connectivity index (χ1) is 13.3. The van der Waals surface area contributed by atoms with E-state index in [0.717, 1.165) is 55.5 Å². The number of benzene rings is 1. The monoisotopic (exact) mass is 369 g/mol. The number of nitrogens with one attached hydrogen (secondary N) is 2. The Balaban J connectivity index is 1.56. The number of hydrogen-bond donors (Lipinski definition) is 2. The number of aromatic nitrogens is 1. The van der Waals surface area contributed by atoms with E-state index < -0.39 is 0 Å². The molecule has 3 rings (SSSR count). The third-order valence-electron chi connectivity index (χ3n) is 4.83. The lowest BCUT2D eigenvalue weighted by Gasteiger charge is -2.32. The predicted octanol–water partition coefficient (Wildman–Crippen LogP) is 3.27. The van der Waals surface area contributed by atoms with Gasteiger partial charge in [0.15, 0.2) is 11.7 Å². The summed E-state index contributed by atoms with van der Waals surface area (Å²) in [7, 11) is 0. The molecule has 27 heavy (non-hydrogen) atoms. The molecule has 0 radical (unpaired) electrons. The van der Waals surface area contributed by atoms with Crippen LogP contribution in [0.5, 0.6) is 0 Å². The fraction of sp³-hybridized carbons (Fsp3) is 0.524. The van der Waals surface area contributed by atoms with Gasteiger partial charge in [-0.15, -0.1) is 0 Å². The van der Waals surface area contributed by atoms with Crippen molar-refractivity contribution in [2.45, 2.75) is 45.7 Å². The summed E-state index contributed by atoms with van der Waals surface area (Å²) in [5.74, 6) is 1.64. The van der Waals surface area contributed by atoms with Gasteiger partial charge < -0.3 is 20.1 Å².